The van der Waals surface area contributed by atoms with Gasteiger partial charge in [-0.3, -0.25) is 14.4 Å². The summed E-state index contributed by atoms with van der Waals surface area (Å²) in [6, 6.07) is 0. The van der Waals surface area contributed by atoms with E-state index in [1.165, 1.54) is 154 Å². The number of ketones is 1. The van der Waals surface area contributed by atoms with Crippen LogP contribution in [-0.4, -0.2) is 51.2 Å². The Morgan fingerprint density at radius 3 is 0.873 bits per heavy atom. The molecule has 0 aliphatic rings. The van der Waals surface area contributed by atoms with Crippen molar-refractivity contribution < 1.29 is 39.2 Å². The molecule has 8 nitrogen and oxygen atoms in total. The van der Waals surface area contributed by atoms with E-state index < -0.39 is 40.6 Å². The van der Waals surface area contributed by atoms with Crippen LogP contribution in [0.4, 0.5) is 0 Å². The van der Waals surface area contributed by atoms with Gasteiger partial charge >= 0.3 is 17.9 Å². The number of Topliss-reactive ketones (excluding diaryl/α,β-unsaturated/α-hetero) is 1. The number of ether oxygens (including phenoxy) is 1. The molecule has 0 aliphatic heterocycles. The maximum atomic E-state index is 13.9. The summed E-state index contributed by atoms with van der Waals surface area (Å²) in [5, 5.41) is 33.3. The zero-order chi connectivity index (χ0) is 46.7. The maximum absolute atomic E-state index is 13.9. The van der Waals surface area contributed by atoms with Crippen LogP contribution in [0.1, 0.15) is 304 Å². The summed E-state index contributed by atoms with van der Waals surface area (Å²) in [5.41, 5.74) is -4.79. The van der Waals surface area contributed by atoms with Crippen molar-refractivity contribution in [2.45, 2.75) is 309 Å². The predicted octanol–water partition coefficient (Wildman–Crippen LogP) is 17.0. The van der Waals surface area contributed by atoms with Crippen molar-refractivity contribution in [2.24, 2.45) is 11.3 Å². The number of carboxylic acid groups (broad SMARTS) is 3. The fraction of sp³-hybridized carbons (Fsp3) is 0.927. The number of carbonyl (C=O) groups excluding carboxylic acids is 1. The standard InChI is InChI=1S/C55H104O8/c1-5-9-12-15-18-21-24-27-30-33-36-39-42-46-54(52(59)60,47-43-40-37-34-31-28-25-22-19-16-13-10-6-2)55(53(61)62,50(51(57)58)49(56)45-8-4)63-48-44-41-38-35-32-29-26-23-20-17-14-11-7-3/h50H,5-48H2,1-4H3,(H,57,58)(H,59,60)(H,61,62). The lowest BCUT2D eigenvalue weighted by Gasteiger charge is -2.47. The fourth-order valence-electron chi connectivity index (χ4n) is 9.93. The van der Waals surface area contributed by atoms with Gasteiger partial charge in [-0.25, -0.2) is 4.79 Å². The molecule has 0 saturated heterocycles. The van der Waals surface area contributed by atoms with Crippen LogP contribution in [0.15, 0.2) is 0 Å². The zero-order valence-electron chi connectivity index (χ0n) is 42.1. The molecular formula is C55H104O8. The molecule has 0 saturated carbocycles. The number of rotatable bonds is 51. The largest absolute Gasteiger partial charge is 0.481 e. The number of hydrogen-bond donors (Lipinski definition) is 3. The molecule has 0 aliphatic carbocycles. The minimum Gasteiger partial charge on any atom is -0.481 e. The van der Waals surface area contributed by atoms with Crippen LogP contribution in [-0.2, 0) is 23.9 Å². The normalized spacial score (nSPS) is 13.3. The van der Waals surface area contributed by atoms with Crippen molar-refractivity contribution >= 4 is 23.7 Å². The molecule has 2 atom stereocenters. The van der Waals surface area contributed by atoms with Gasteiger partial charge < -0.3 is 20.1 Å². The third kappa shape index (κ3) is 28.0. The predicted molar refractivity (Wildman–Crippen MR) is 264 cm³/mol. The van der Waals surface area contributed by atoms with Crippen molar-refractivity contribution in [2.75, 3.05) is 6.61 Å². The summed E-state index contributed by atoms with van der Waals surface area (Å²) in [5.74, 6) is -7.48. The molecule has 63 heavy (non-hydrogen) atoms. The van der Waals surface area contributed by atoms with E-state index in [1.807, 2.05) is 0 Å². The van der Waals surface area contributed by atoms with Crippen molar-refractivity contribution in [1.29, 1.82) is 0 Å². The van der Waals surface area contributed by atoms with Crippen molar-refractivity contribution in [3.05, 3.63) is 0 Å². The van der Waals surface area contributed by atoms with Crippen LogP contribution < -0.4 is 0 Å². The highest BCUT2D eigenvalue weighted by atomic mass is 16.5. The lowest BCUT2D eigenvalue weighted by Crippen LogP contribution is -2.67. The quantitative estimate of drug-likeness (QED) is 0.0405. The second-order valence-corrected chi connectivity index (χ2v) is 19.5. The highest BCUT2D eigenvalue weighted by molar-refractivity contribution is 6.06. The minimum atomic E-state index is -2.72. The third-order valence-corrected chi connectivity index (χ3v) is 13.9. The third-order valence-electron chi connectivity index (χ3n) is 13.9. The van der Waals surface area contributed by atoms with Gasteiger partial charge in [0.2, 0.25) is 5.60 Å². The van der Waals surface area contributed by atoms with Crippen molar-refractivity contribution in [3.63, 3.8) is 0 Å². The first-order valence-electron chi connectivity index (χ1n) is 27.5. The Balaban J connectivity index is 5.94. The van der Waals surface area contributed by atoms with Gasteiger partial charge in [-0.2, -0.15) is 0 Å². The summed E-state index contributed by atoms with van der Waals surface area (Å²) in [6.45, 7) is 8.36. The maximum Gasteiger partial charge on any atom is 0.338 e. The Morgan fingerprint density at radius 1 is 0.365 bits per heavy atom. The summed E-state index contributed by atoms with van der Waals surface area (Å²) in [6.07, 6.45) is 43.5. The van der Waals surface area contributed by atoms with Gasteiger partial charge in [0, 0.05) is 13.0 Å². The lowest BCUT2D eigenvalue weighted by molar-refractivity contribution is -0.219. The molecule has 2 unspecified atom stereocenters. The highest BCUT2D eigenvalue weighted by Crippen LogP contribution is 2.50. The smallest absolute Gasteiger partial charge is 0.338 e. The van der Waals surface area contributed by atoms with Crippen LogP contribution in [0, 0.1) is 11.3 Å². The SMILES string of the molecule is CCCCCCCCCCCCCCCOC(C(=O)O)(C(C(=O)O)C(=O)CCC)C(CCCCCCCCCCCCCCC)(CCCCCCCCCCCCCCC)C(=O)O. The van der Waals surface area contributed by atoms with E-state index in [2.05, 4.69) is 20.8 Å². The van der Waals surface area contributed by atoms with Gasteiger partial charge in [-0.15, -0.1) is 0 Å². The van der Waals surface area contributed by atoms with Crippen LogP contribution in [0.3, 0.4) is 0 Å². The molecule has 0 aromatic heterocycles. The van der Waals surface area contributed by atoms with E-state index in [1.54, 1.807) is 6.92 Å². The van der Waals surface area contributed by atoms with Crippen LogP contribution in [0.2, 0.25) is 0 Å². The Kier molecular flexibility index (Phi) is 41.3. The average molecular weight is 893 g/mol. The molecular weight excluding hydrogens is 789 g/mol. The molecule has 0 radical (unpaired) electrons. The second kappa shape index (κ2) is 42.7. The van der Waals surface area contributed by atoms with E-state index >= 15 is 0 Å². The number of unbranched alkanes of at least 4 members (excludes halogenated alkanes) is 36. The molecule has 0 aromatic carbocycles. The summed E-state index contributed by atoms with van der Waals surface area (Å²) in [7, 11) is 0. The van der Waals surface area contributed by atoms with Crippen LogP contribution >= 0.6 is 0 Å². The average Bonchev–Trinajstić information content (AvgIpc) is 3.25. The molecule has 8 heteroatoms. The molecule has 0 bridgehead atoms. The fourth-order valence-corrected chi connectivity index (χ4v) is 9.93. The van der Waals surface area contributed by atoms with Gasteiger partial charge in [-0.05, 0) is 25.7 Å². The number of carboxylic acids is 3. The van der Waals surface area contributed by atoms with E-state index in [0.29, 0.717) is 25.7 Å². The topological polar surface area (TPSA) is 138 Å². The Bertz CT molecular complexity index is 1060. The van der Waals surface area contributed by atoms with Crippen LogP contribution in [0.25, 0.3) is 0 Å². The van der Waals surface area contributed by atoms with Gasteiger partial charge in [0.25, 0.3) is 0 Å². The van der Waals surface area contributed by atoms with E-state index in [-0.39, 0.29) is 25.9 Å². The highest BCUT2D eigenvalue weighted by Gasteiger charge is 2.69. The first kappa shape index (κ1) is 61.0. The number of hydrogen-bond acceptors (Lipinski definition) is 5. The van der Waals surface area contributed by atoms with Crippen molar-refractivity contribution in [1.82, 2.24) is 0 Å². The summed E-state index contributed by atoms with van der Waals surface area (Å²) in [4.78, 5) is 54.8. The van der Waals surface area contributed by atoms with E-state index in [9.17, 15) is 34.5 Å². The van der Waals surface area contributed by atoms with E-state index in [4.69, 9.17) is 4.74 Å². The minimum absolute atomic E-state index is 0.0353. The van der Waals surface area contributed by atoms with Gasteiger partial charge in [0.05, 0.1) is 0 Å². The van der Waals surface area contributed by atoms with Crippen LogP contribution in [0.5, 0.6) is 0 Å². The molecule has 0 spiro atoms. The molecule has 0 heterocycles. The van der Waals surface area contributed by atoms with E-state index in [0.717, 1.165) is 77.0 Å². The lowest BCUT2D eigenvalue weighted by atomic mass is 9.59. The Morgan fingerprint density at radius 2 is 0.635 bits per heavy atom. The number of carbonyl (C=O) groups is 4. The monoisotopic (exact) mass is 893 g/mol. The van der Waals surface area contributed by atoms with Gasteiger partial charge in [0.1, 0.15) is 5.41 Å². The summed E-state index contributed by atoms with van der Waals surface area (Å²) < 4.78 is 6.35. The molecule has 0 amide bonds. The molecule has 372 valence electrons. The molecule has 3 N–H and O–H groups in total. The van der Waals surface area contributed by atoms with Gasteiger partial charge in [-0.1, -0.05) is 272 Å². The van der Waals surface area contributed by atoms with Gasteiger partial charge in [0.15, 0.2) is 11.7 Å². The zero-order valence-corrected chi connectivity index (χ0v) is 42.1. The second-order valence-electron chi connectivity index (χ2n) is 19.5. The first-order valence-corrected chi connectivity index (χ1v) is 27.5. The number of aliphatic carboxylic acids is 3. The Hall–Kier alpha value is -1.96. The molecule has 0 fully saturated rings. The summed E-state index contributed by atoms with van der Waals surface area (Å²) >= 11 is 0. The van der Waals surface area contributed by atoms with Crippen molar-refractivity contribution in [3.8, 4) is 0 Å². The molecule has 0 aromatic rings. The first-order chi connectivity index (χ1) is 30.6. The molecule has 0 rings (SSSR count). The Labute approximate surface area is 389 Å².